The lowest BCUT2D eigenvalue weighted by atomic mass is 10.1. The van der Waals surface area contributed by atoms with Gasteiger partial charge >= 0.3 is 0 Å². The molecule has 0 saturated carbocycles. The maximum atomic E-state index is 12.6. The van der Waals surface area contributed by atoms with Gasteiger partial charge in [0.25, 0.3) is 23.1 Å². The van der Waals surface area contributed by atoms with E-state index in [4.69, 9.17) is 4.74 Å². The van der Waals surface area contributed by atoms with Crippen LogP contribution in [0, 0.1) is 24.0 Å². The van der Waals surface area contributed by atoms with Crippen LogP contribution in [0.3, 0.4) is 0 Å². The number of nitro groups is 1. The molecule has 0 atom stereocenters. The van der Waals surface area contributed by atoms with Crippen LogP contribution in [0.1, 0.15) is 27.4 Å². The van der Waals surface area contributed by atoms with Gasteiger partial charge in [0.05, 0.1) is 35.6 Å². The number of hydrogen-bond donors (Lipinski definition) is 3. The number of hydrogen-bond acceptors (Lipinski definition) is 10. The van der Waals surface area contributed by atoms with Gasteiger partial charge < -0.3 is 9.84 Å². The molecule has 0 aliphatic heterocycles. The fourth-order valence-electron chi connectivity index (χ4n) is 2.52. The number of aromatic nitrogens is 5. The molecule has 31 heavy (non-hydrogen) atoms. The summed E-state index contributed by atoms with van der Waals surface area (Å²) in [7, 11) is 1.25. The largest absolute Gasteiger partial charge is 0.504 e. The number of hydrazone groups is 1. The minimum absolute atomic E-state index is 0.0180. The van der Waals surface area contributed by atoms with Gasteiger partial charge in [0.15, 0.2) is 11.5 Å². The fourth-order valence-corrected chi connectivity index (χ4v) is 2.52. The zero-order valence-electron chi connectivity index (χ0n) is 16.5. The number of aromatic amines is 1. The number of nitrogens with one attached hydrogen (secondary N) is 2. The Labute approximate surface area is 173 Å². The molecule has 0 fully saturated rings. The average Bonchev–Trinajstić information content (AvgIpc) is 3.11. The molecule has 0 aliphatic carbocycles. The third-order valence-electron chi connectivity index (χ3n) is 4.01. The number of carbonyl (C=O) groups excluding carboxylic acids is 1. The normalized spacial score (nSPS) is 10.9. The molecule has 3 rings (SSSR count). The Kier molecular flexibility index (Phi) is 5.72. The van der Waals surface area contributed by atoms with Crippen LogP contribution in [0.15, 0.2) is 28.1 Å². The number of H-pyrrole nitrogens is 1. The van der Waals surface area contributed by atoms with Gasteiger partial charge in [-0.15, -0.1) is 10.2 Å². The number of amides is 1. The maximum Gasteiger partial charge on any atom is 0.290 e. The molecule has 2 heterocycles. The highest BCUT2D eigenvalue weighted by Crippen LogP contribution is 2.32. The van der Waals surface area contributed by atoms with Gasteiger partial charge in [-0.05, 0) is 26.0 Å². The highest BCUT2D eigenvalue weighted by molar-refractivity contribution is 5.94. The third-order valence-corrected chi connectivity index (χ3v) is 4.01. The summed E-state index contributed by atoms with van der Waals surface area (Å²) in [6.45, 7) is 3.10. The quantitative estimate of drug-likeness (QED) is 0.282. The summed E-state index contributed by atoms with van der Waals surface area (Å²) in [5.74, 6) is -1.23. The Bertz CT molecular complexity index is 1260. The monoisotopic (exact) mass is 428 g/mol. The first kappa shape index (κ1) is 21.1. The Morgan fingerprint density at radius 1 is 1.35 bits per heavy atom. The molecule has 0 spiro atoms. The van der Waals surface area contributed by atoms with Gasteiger partial charge in [-0.25, -0.2) is 5.43 Å². The van der Waals surface area contributed by atoms with Crippen molar-refractivity contribution in [3.63, 3.8) is 0 Å². The van der Waals surface area contributed by atoms with Crippen molar-refractivity contribution >= 4 is 17.8 Å². The number of nitro benzene ring substituents is 1. The van der Waals surface area contributed by atoms with Crippen LogP contribution in [0.25, 0.3) is 5.95 Å². The number of benzene rings is 1. The number of phenols is 1. The zero-order chi connectivity index (χ0) is 22.7. The molecular weight excluding hydrogens is 412 g/mol. The molecule has 0 radical (unpaired) electrons. The van der Waals surface area contributed by atoms with Gasteiger partial charge in [0, 0.05) is 0 Å². The van der Waals surface area contributed by atoms with Gasteiger partial charge in [-0.2, -0.15) is 14.9 Å². The van der Waals surface area contributed by atoms with E-state index < -0.39 is 16.4 Å². The van der Waals surface area contributed by atoms with Crippen LogP contribution in [0.2, 0.25) is 0 Å². The van der Waals surface area contributed by atoms with Gasteiger partial charge in [-0.3, -0.25) is 24.7 Å². The Hall–Kier alpha value is -4.62. The van der Waals surface area contributed by atoms with Gasteiger partial charge in [0.2, 0.25) is 0 Å². The van der Waals surface area contributed by atoms with Crippen molar-refractivity contribution in [1.29, 1.82) is 0 Å². The van der Waals surface area contributed by atoms with E-state index in [-0.39, 0.29) is 40.1 Å². The van der Waals surface area contributed by atoms with Crippen LogP contribution in [0.4, 0.5) is 5.69 Å². The van der Waals surface area contributed by atoms with Gasteiger partial charge in [-0.1, -0.05) is 0 Å². The molecule has 14 heteroatoms. The van der Waals surface area contributed by atoms with Crippen LogP contribution < -0.4 is 15.7 Å². The van der Waals surface area contributed by atoms with E-state index >= 15 is 0 Å². The fraction of sp³-hybridized carbons (Fsp3) is 0.176. The third kappa shape index (κ3) is 4.36. The molecule has 2 aromatic heterocycles. The van der Waals surface area contributed by atoms with Crippen molar-refractivity contribution in [2.24, 2.45) is 5.10 Å². The van der Waals surface area contributed by atoms with Crippen molar-refractivity contribution in [3.8, 4) is 17.4 Å². The maximum absolute atomic E-state index is 12.6. The van der Waals surface area contributed by atoms with Crippen molar-refractivity contribution < 1.29 is 19.6 Å². The van der Waals surface area contributed by atoms with E-state index in [1.807, 2.05) is 0 Å². The molecule has 1 amide bonds. The summed E-state index contributed by atoms with van der Waals surface area (Å²) in [6.07, 6.45) is 0.996. The zero-order valence-corrected chi connectivity index (χ0v) is 16.5. The first-order chi connectivity index (χ1) is 14.7. The number of methoxy groups -OCH3 is 1. The summed E-state index contributed by atoms with van der Waals surface area (Å²) >= 11 is 0. The van der Waals surface area contributed by atoms with Gasteiger partial charge in [0.1, 0.15) is 11.4 Å². The van der Waals surface area contributed by atoms with Crippen LogP contribution in [-0.4, -0.2) is 54.2 Å². The molecule has 1 aromatic carbocycles. The number of carbonyl (C=O) groups is 1. The Balaban J connectivity index is 1.88. The standard InChI is InChI=1S/C17H16N8O6/c1-8-4-12(24(23-8)17-19-15(27)9(2)20-22-17)16(28)21-18-7-10-5-13(26)14(31-3)6-11(10)25(29)30/h4-7,26H,1-3H3,(H,21,28)(H,19,22,27)/b18-7-. The predicted molar refractivity (Wildman–Crippen MR) is 106 cm³/mol. The summed E-state index contributed by atoms with van der Waals surface area (Å²) in [4.78, 5) is 37.3. The topological polar surface area (TPSA) is 191 Å². The van der Waals surface area contributed by atoms with Crippen molar-refractivity contribution in [3.05, 3.63) is 61.3 Å². The summed E-state index contributed by atoms with van der Waals surface area (Å²) in [5, 5.41) is 36.4. The highest BCUT2D eigenvalue weighted by atomic mass is 16.6. The number of aromatic hydroxyl groups is 1. The lowest BCUT2D eigenvalue weighted by molar-refractivity contribution is -0.385. The van der Waals surface area contributed by atoms with E-state index in [0.717, 1.165) is 23.0 Å². The van der Waals surface area contributed by atoms with E-state index in [1.54, 1.807) is 6.92 Å². The number of ether oxygens (including phenoxy) is 1. The molecule has 3 N–H and O–H groups in total. The molecule has 14 nitrogen and oxygen atoms in total. The van der Waals surface area contributed by atoms with E-state index in [9.17, 15) is 24.8 Å². The second kappa shape index (κ2) is 8.40. The lowest BCUT2D eigenvalue weighted by Crippen LogP contribution is -2.24. The Morgan fingerprint density at radius 3 is 2.74 bits per heavy atom. The first-order valence-electron chi connectivity index (χ1n) is 8.60. The molecule has 3 aromatic rings. The second-order valence-electron chi connectivity index (χ2n) is 6.19. The van der Waals surface area contributed by atoms with E-state index in [0.29, 0.717) is 5.69 Å². The van der Waals surface area contributed by atoms with Crippen molar-refractivity contribution in [2.75, 3.05) is 7.11 Å². The molecular formula is C17H16N8O6. The lowest BCUT2D eigenvalue weighted by Gasteiger charge is -2.06. The van der Waals surface area contributed by atoms with Crippen LogP contribution >= 0.6 is 0 Å². The van der Waals surface area contributed by atoms with E-state index in [1.165, 1.54) is 20.1 Å². The summed E-state index contributed by atoms with van der Waals surface area (Å²) in [5.41, 5.74) is 1.84. The summed E-state index contributed by atoms with van der Waals surface area (Å²) in [6, 6.07) is 3.53. The molecule has 0 unspecified atom stereocenters. The van der Waals surface area contributed by atoms with Crippen molar-refractivity contribution in [1.82, 2.24) is 30.4 Å². The van der Waals surface area contributed by atoms with Crippen LogP contribution in [-0.2, 0) is 0 Å². The van der Waals surface area contributed by atoms with E-state index in [2.05, 4.69) is 30.8 Å². The SMILES string of the molecule is COc1cc([N+](=O)[O-])c(/C=N\NC(=O)c2cc(C)nn2-c2nnc(C)c(=O)[nH]2)cc1O. The highest BCUT2D eigenvalue weighted by Gasteiger charge is 2.19. The molecule has 0 saturated heterocycles. The molecule has 0 aliphatic rings. The number of rotatable bonds is 6. The number of phenolic OH excluding ortho intramolecular Hbond substituents is 1. The second-order valence-corrected chi connectivity index (χ2v) is 6.19. The molecule has 0 bridgehead atoms. The molecule has 160 valence electrons. The Morgan fingerprint density at radius 2 is 2.10 bits per heavy atom. The summed E-state index contributed by atoms with van der Waals surface area (Å²) < 4.78 is 5.93. The number of nitrogens with zero attached hydrogens (tertiary/aromatic N) is 6. The van der Waals surface area contributed by atoms with Crippen LogP contribution in [0.5, 0.6) is 11.5 Å². The number of aryl methyl sites for hydroxylation is 2. The average molecular weight is 428 g/mol. The predicted octanol–water partition coefficient (Wildman–Crippen LogP) is 0.354. The minimum atomic E-state index is -0.736. The first-order valence-corrected chi connectivity index (χ1v) is 8.60. The smallest absolute Gasteiger partial charge is 0.290 e. The van der Waals surface area contributed by atoms with Crippen molar-refractivity contribution in [2.45, 2.75) is 13.8 Å². The minimum Gasteiger partial charge on any atom is -0.504 e.